The smallest absolute Gasteiger partial charge is 0.338 e. The molecule has 1 fully saturated rings. The number of fused-ring (bicyclic) bond motifs is 1. The molecule has 0 radical (unpaired) electrons. The quantitative estimate of drug-likeness (QED) is 0.772. The number of allylic oxidation sites excluding steroid dienone is 1. The van der Waals surface area contributed by atoms with Crippen LogP contribution in [0.3, 0.4) is 0 Å². The van der Waals surface area contributed by atoms with Crippen molar-refractivity contribution in [1.29, 1.82) is 0 Å². The summed E-state index contributed by atoms with van der Waals surface area (Å²) in [5, 5.41) is 0.401. The molecule has 2 aliphatic heterocycles. The molecule has 2 aliphatic rings. The molecule has 25 heavy (non-hydrogen) atoms. The highest BCUT2D eigenvalue weighted by atomic mass is 32.2. The minimum atomic E-state index is -0.539. The summed E-state index contributed by atoms with van der Waals surface area (Å²) in [6, 6.07) is 6.81. The average Bonchev–Trinajstić information content (AvgIpc) is 2.88. The van der Waals surface area contributed by atoms with Crippen molar-refractivity contribution in [3.05, 3.63) is 41.1 Å². The first kappa shape index (κ1) is 17.5. The number of carbonyl (C=O) groups is 2. The van der Waals surface area contributed by atoms with E-state index in [1.165, 1.54) is 11.8 Å². The second kappa shape index (κ2) is 6.92. The molecule has 1 aromatic rings. The third-order valence-electron chi connectivity index (χ3n) is 4.19. The van der Waals surface area contributed by atoms with Crippen molar-refractivity contribution >= 4 is 28.8 Å². The van der Waals surface area contributed by atoms with Gasteiger partial charge in [-0.1, -0.05) is 23.9 Å². The number of amidine groups is 1. The van der Waals surface area contributed by atoms with Crippen molar-refractivity contribution in [2.24, 2.45) is 4.99 Å². The molecule has 0 bridgehead atoms. The Morgan fingerprint density at radius 3 is 2.60 bits per heavy atom. The van der Waals surface area contributed by atoms with E-state index in [-0.39, 0.29) is 17.8 Å². The van der Waals surface area contributed by atoms with Crippen molar-refractivity contribution in [3.63, 3.8) is 0 Å². The zero-order valence-electron chi connectivity index (χ0n) is 14.6. The number of ether oxygens (including phenoxy) is 2. The molecule has 3 rings (SSSR count). The number of aliphatic imine (C=N–C) groups is 1. The van der Waals surface area contributed by atoms with Crippen LogP contribution in [0.25, 0.3) is 0 Å². The Balaban J connectivity index is 2.12. The van der Waals surface area contributed by atoms with Gasteiger partial charge in [0.1, 0.15) is 5.75 Å². The summed E-state index contributed by atoms with van der Waals surface area (Å²) in [5.74, 6) is 0.210. The van der Waals surface area contributed by atoms with E-state index < -0.39 is 12.0 Å². The molecule has 0 spiro atoms. The Hall–Kier alpha value is -2.28. The Kier molecular flexibility index (Phi) is 4.85. The first-order chi connectivity index (χ1) is 12.0. The topological polar surface area (TPSA) is 68.2 Å². The molecule has 1 amide bonds. The first-order valence-electron chi connectivity index (χ1n) is 8.08. The van der Waals surface area contributed by atoms with Gasteiger partial charge < -0.3 is 9.47 Å². The molecule has 2 heterocycles. The van der Waals surface area contributed by atoms with E-state index in [9.17, 15) is 9.59 Å². The van der Waals surface area contributed by atoms with Gasteiger partial charge in [0.15, 0.2) is 5.17 Å². The molecule has 2 atom stereocenters. The highest BCUT2D eigenvalue weighted by Crippen LogP contribution is 2.43. The number of carbonyl (C=O) groups excluding carboxylic acids is 2. The molecule has 0 aliphatic carbocycles. The van der Waals surface area contributed by atoms with Crippen molar-refractivity contribution in [2.45, 2.75) is 32.1 Å². The fourth-order valence-electron chi connectivity index (χ4n) is 2.97. The van der Waals surface area contributed by atoms with Gasteiger partial charge in [-0.2, -0.15) is 0 Å². The summed E-state index contributed by atoms with van der Waals surface area (Å²) in [4.78, 5) is 31.4. The van der Waals surface area contributed by atoms with Gasteiger partial charge in [-0.25, -0.2) is 9.79 Å². The number of hydrogen-bond acceptors (Lipinski definition) is 6. The van der Waals surface area contributed by atoms with Crippen molar-refractivity contribution in [1.82, 2.24) is 4.90 Å². The van der Waals surface area contributed by atoms with Crippen molar-refractivity contribution in [2.75, 3.05) is 13.7 Å². The Labute approximate surface area is 150 Å². The van der Waals surface area contributed by atoms with Gasteiger partial charge in [-0.3, -0.25) is 9.69 Å². The molecule has 0 saturated carbocycles. The molecule has 0 aromatic heterocycles. The van der Waals surface area contributed by atoms with E-state index >= 15 is 0 Å². The van der Waals surface area contributed by atoms with Crippen LogP contribution < -0.4 is 4.74 Å². The Morgan fingerprint density at radius 2 is 2.00 bits per heavy atom. The van der Waals surface area contributed by atoms with E-state index in [2.05, 4.69) is 4.99 Å². The van der Waals surface area contributed by atoms with E-state index in [1.807, 2.05) is 31.2 Å². The largest absolute Gasteiger partial charge is 0.497 e. The molecular formula is C18H20N2O4S. The van der Waals surface area contributed by atoms with E-state index in [4.69, 9.17) is 9.47 Å². The number of rotatable bonds is 4. The number of thioether (sulfide) groups is 1. The summed E-state index contributed by atoms with van der Waals surface area (Å²) in [7, 11) is 1.59. The van der Waals surface area contributed by atoms with Crippen LogP contribution in [0, 0.1) is 0 Å². The van der Waals surface area contributed by atoms with Crippen LogP contribution in [0.1, 0.15) is 32.4 Å². The number of methoxy groups -OCH3 is 1. The maximum Gasteiger partial charge on any atom is 0.338 e. The third-order valence-corrected chi connectivity index (χ3v) is 5.24. The summed E-state index contributed by atoms with van der Waals surface area (Å²) >= 11 is 1.41. The second-order valence-electron chi connectivity index (χ2n) is 5.76. The highest BCUT2D eigenvalue weighted by Gasteiger charge is 2.46. The molecule has 1 saturated heterocycles. The molecule has 1 aromatic carbocycles. The molecule has 132 valence electrons. The molecule has 0 N–H and O–H groups in total. The zero-order chi connectivity index (χ0) is 18.1. The predicted octanol–water partition coefficient (Wildman–Crippen LogP) is 2.91. The maximum atomic E-state index is 12.7. The number of amides is 1. The van der Waals surface area contributed by atoms with Gasteiger partial charge in [-0.15, -0.1) is 0 Å². The minimum Gasteiger partial charge on any atom is -0.497 e. The SMILES string of the molecule is CCOC(=O)C1=C(C)N=C2S[C@H](C)C(=O)N2[C@H]1c1ccc(OC)cc1. The van der Waals surface area contributed by atoms with Gasteiger partial charge in [0.25, 0.3) is 0 Å². The number of hydrogen-bond donors (Lipinski definition) is 0. The average molecular weight is 360 g/mol. The summed E-state index contributed by atoms with van der Waals surface area (Å²) < 4.78 is 10.4. The lowest BCUT2D eigenvalue weighted by Gasteiger charge is -2.33. The standard InChI is InChI=1S/C18H20N2O4S/c1-5-24-17(22)14-10(2)19-18-20(16(21)11(3)25-18)15(14)12-6-8-13(23-4)9-7-12/h6-9,11,15H,5H2,1-4H3/t11-,15+/m1/s1. The van der Waals surface area contributed by atoms with Gasteiger partial charge in [0.2, 0.25) is 5.91 Å². The van der Waals surface area contributed by atoms with Gasteiger partial charge in [0.05, 0.1) is 36.3 Å². The second-order valence-corrected chi connectivity index (χ2v) is 7.07. The van der Waals surface area contributed by atoms with Crippen LogP contribution >= 0.6 is 11.8 Å². The lowest BCUT2D eigenvalue weighted by Crippen LogP contribution is -2.40. The normalized spacial score (nSPS) is 22.6. The van der Waals surface area contributed by atoms with Gasteiger partial charge in [0, 0.05) is 0 Å². The van der Waals surface area contributed by atoms with Crippen molar-refractivity contribution < 1.29 is 19.1 Å². The molecule has 6 nitrogen and oxygen atoms in total. The number of benzene rings is 1. The maximum absolute atomic E-state index is 12.7. The van der Waals surface area contributed by atoms with Crippen LogP contribution in [-0.2, 0) is 14.3 Å². The fourth-order valence-corrected chi connectivity index (χ4v) is 4.00. The minimum absolute atomic E-state index is 0.0566. The number of esters is 1. The monoisotopic (exact) mass is 360 g/mol. The van der Waals surface area contributed by atoms with Crippen LogP contribution in [0.5, 0.6) is 5.75 Å². The lowest BCUT2D eigenvalue weighted by atomic mass is 9.94. The predicted molar refractivity (Wildman–Crippen MR) is 96.4 cm³/mol. The fraction of sp³-hybridized carbons (Fsp3) is 0.389. The van der Waals surface area contributed by atoms with E-state index in [0.29, 0.717) is 22.2 Å². The lowest BCUT2D eigenvalue weighted by molar-refractivity contribution is -0.139. The van der Waals surface area contributed by atoms with E-state index in [0.717, 1.165) is 5.56 Å². The Bertz CT molecular complexity index is 770. The van der Waals surface area contributed by atoms with Crippen LogP contribution in [0.2, 0.25) is 0 Å². The van der Waals surface area contributed by atoms with Gasteiger partial charge in [-0.05, 0) is 38.5 Å². The van der Waals surface area contributed by atoms with Crippen molar-refractivity contribution in [3.8, 4) is 5.75 Å². The van der Waals surface area contributed by atoms with E-state index in [1.54, 1.807) is 25.9 Å². The third kappa shape index (κ3) is 3.04. The summed E-state index contributed by atoms with van der Waals surface area (Å²) in [6.45, 7) is 5.65. The van der Waals surface area contributed by atoms with Crippen LogP contribution in [0.15, 0.2) is 40.5 Å². The summed E-state index contributed by atoms with van der Waals surface area (Å²) in [6.07, 6.45) is 0. The first-order valence-corrected chi connectivity index (χ1v) is 8.96. The van der Waals surface area contributed by atoms with Crippen LogP contribution in [-0.4, -0.2) is 40.9 Å². The summed E-state index contributed by atoms with van der Waals surface area (Å²) in [5.41, 5.74) is 1.80. The molecular weight excluding hydrogens is 340 g/mol. The van der Waals surface area contributed by atoms with Crippen LogP contribution in [0.4, 0.5) is 0 Å². The molecule has 7 heteroatoms. The van der Waals surface area contributed by atoms with Gasteiger partial charge >= 0.3 is 5.97 Å². The number of nitrogens with zero attached hydrogens (tertiary/aromatic N) is 2. The highest BCUT2D eigenvalue weighted by molar-refractivity contribution is 8.15. The zero-order valence-corrected chi connectivity index (χ0v) is 15.4. The Morgan fingerprint density at radius 1 is 1.32 bits per heavy atom. The molecule has 0 unspecified atom stereocenters.